The summed E-state index contributed by atoms with van der Waals surface area (Å²) in [5, 5.41) is 0. The van der Waals surface area contributed by atoms with E-state index in [1.807, 2.05) is 0 Å². The van der Waals surface area contributed by atoms with Crippen molar-refractivity contribution in [2.24, 2.45) is 0 Å². The minimum Gasteiger partial charge on any atom is -0.493 e. The van der Waals surface area contributed by atoms with Crippen LogP contribution in [-0.2, 0) is 9.84 Å². The van der Waals surface area contributed by atoms with E-state index >= 15 is 0 Å². The number of anilines is 1. The van der Waals surface area contributed by atoms with Gasteiger partial charge in [-0.2, -0.15) is 0 Å². The van der Waals surface area contributed by atoms with Crippen molar-refractivity contribution in [1.82, 2.24) is 4.90 Å². The van der Waals surface area contributed by atoms with Crippen molar-refractivity contribution in [3.8, 4) is 11.5 Å². The van der Waals surface area contributed by atoms with Gasteiger partial charge < -0.3 is 15.2 Å². The molecule has 1 aliphatic heterocycles. The van der Waals surface area contributed by atoms with Crippen LogP contribution >= 0.6 is 0 Å². The molecule has 2 amide bonds. The monoisotopic (exact) mass is 436 g/mol. The minimum absolute atomic E-state index is 0.140. The second kappa shape index (κ2) is 7.94. The SMILES string of the molecule is CCOc1cc(C(CS(C)(=O)=O)N2C(=O)c3cc(F)cc(N)c3C2=O)ccc1OC. The number of nitrogen functional groups attached to an aromatic ring is 1. The number of carbonyl (C=O) groups is 2. The normalized spacial score (nSPS) is 14.6. The smallest absolute Gasteiger partial charge is 0.264 e. The summed E-state index contributed by atoms with van der Waals surface area (Å²) in [5.41, 5.74) is 5.58. The fourth-order valence-corrected chi connectivity index (χ4v) is 4.35. The Bertz CT molecular complexity index is 1130. The number of halogens is 1. The quantitative estimate of drug-likeness (QED) is 0.522. The van der Waals surface area contributed by atoms with Crippen LogP contribution in [0.25, 0.3) is 0 Å². The molecule has 0 aliphatic carbocycles. The molecule has 0 saturated heterocycles. The third-order valence-corrected chi connectivity index (χ3v) is 5.58. The molecule has 0 aromatic heterocycles. The number of methoxy groups -OCH3 is 1. The van der Waals surface area contributed by atoms with Gasteiger partial charge in [0.15, 0.2) is 11.5 Å². The number of carbonyl (C=O) groups excluding carboxylic acids is 2. The molecule has 2 aromatic rings. The lowest BCUT2D eigenvalue weighted by atomic mass is 10.1. The molecular weight excluding hydrogens is 415 g/mol. The third-order valence-electron chi connectivity index (χ3n) is 4.66. The molecule has 0 bridgehead atoms. The largest absolute Gasteiger partial charge is 0.493 e. The summed E-state index contributed by atoms with van der Waals surface area (Å²) in [6, 6.07) is 5.32. The molecule has 1 unspecified atom stereocenters. The Balaban J connectivity index is 2.14. The fraction of sp³-hybridized carbons (Fsp3) is 0.300. The zero-order valence-corrected chi connectivity index (χ0v) is 17.5. The van der Waals surface area contributed by atoms with E-state index in [9.17, 15) is 22.4 Å². The molecule has 30 heavy (non-hydrogen) atoms. The lowest BCUT2D eigenvalue weighted by molar-refractivity contribution is 0.0597. The predicted molar refractivity (Wildman–Crippen MR) is 108 cm³/mol. The van der Waals surface area contributed by atoms with E-state index < -0.39 is 39.3 Å². The average Bonchev–Trinajstić information content (AvgIpc) is 2.90. The van der Waals surface area contributed by atoms with Gasteiger partial charge in [0.05, 0.1) is 36.6 Å². The van der Waals surface area contributed by atoms with Crippen molar-refractivity contribution in [1.29, 1.82) is 0 Å². The van der Waals surface area contributed by atoms with Crippen LogP contribution < -0.4 is 15.2 Å². The zero-order valence-electron chi connectivity index (χ0n) is 16.6. The summed E-state index contributed by atoms with van der Waals surface area (Å²) in [4.78, 5) is 26.8. The van der Waals surface area contributed by atoms with Gasteiger partial charge in [0.1, 0.15) is 15.7 Å². The van der Waals surface area contributed by atoms with E-state index in [1.54, 1.807) is 19.1 Å². The minimum atomic E-state index is -3.63. The first-order valence-corrected chi connectivity index (χ1v) is 11.1. The van der Waals surface area contributed by atoms with E-state index in [4.69, 9.17) is 15.2 Å². The zero-order chi connectivity index (χ0) is 22.2. The maximum atomic E-state index is 13.8. The summed E-state index contributed by atoms with van der Waals surface area (Å²) < 4.78 is 48.8. The lowest BCUT2D eigenvalue weighted by Crippen LogP contribution is -2.37. The summed E-state index contributed by atoms with van der Waals surface area (Å²) in [5.74, 6) is -2.15. The van der Waals surface area contributed by atoms with E-state index in [1.165, 1.54) is 13.2 Å². The predicted octanol–water partition coefficient (Wildman–Crippen LogP) is 2.20. The van der Waals surface area contributed by atoms with Crippen molar-refractivity contribution in [2.45, 2.75) is 13.0 Å². The number of nitrogens with zero attached hydrogens (tertiary/aromatic N) is 1. The van der Waals surface area contributed by atoms with Crippen LogP contribution in [0, 0.1) is 5.82 Å². The van der Waals surface area contributed by atoms with Crippen molar-refractivity contribution in [2.75, 3.05) is 31.5 Å². The molecule has 0 fully saturated rings. The van der Waals surface area contributed by atoms with Crippen LogP contribution in [0.1, 0.15) is 39.2 Å². The number of rotatable bonds is 7. The summed E-state index contributed by atoms with van der Waals surface area (Å²) in [7, 11) is -2.17. The molecule has 8 nitrogen and oxygen atoms in total. The van der Waals surface area contributed by atoms with Crippen molar-refractivity contribution >= 4 is 27.3 Å². The van der Waals surface area contributed by atoms with Crippen molar-refractivity contribution in [3.63, 3.8) is 0 Å². The van der Waals surface area contributed by atoms with Crippen LogP contribution in [-0.4, -0.2) is 50.9 Å². The topological polar surface area (TPSA) is 116 Å². The second-order valence-electron chi connectivity index (χ2n) is 6.85. The number of amides is 2. The third kappa shape index (κ3) is 3.95. The van der Waals surface area contributed by atoms with Gasteiger partial charge in [-0.1, -0.05) is 6.07 Å². The van der Waals surface area contributed by atoms with Gasteiger partial charge in [0.2, 0.25) is 0 Å². The first-order chi connectivity index (χ1) is 14.1. The number of hydrogen-bond donors (Lipinski definition) is 1. The molecule has 3 rings (SSSR count). The number of nitrogens with two attached hydrogens (primary N) is 1. The number of hydrogen-bond acceptors (Lipinski definition) is 7. The van der Waals surface area contributed by atoms with Crippen molar-refractivity contribution in [3.05, 3.63) is 52.8 Å². The van der Waals surface area contributed by atoms with Gasteiger partial charge in [-0.25, -0.2) is 12.8 Å². The Kier molecular flexibility index (Phi) is 5.71. The maximum absolute atomic E-state index is 13.8. The highest BCUT2D eigenvalue weighted by Gasteiger charge is 2.43. The first kappa shape index (κ1) is 21.6. The van der Waals surface area contributed by atoms with Crippen LogP contribution in [0.4, 0.5) is 10.1 Å². The number of imide groups is 1. The molecule has 1 atom stereocenters. The van der Waals surface area contributed by atoms with Gasteiger partial charge in [0.25, 0.3) is 11.8 Å². The van der Waals surface area contributed by atoms with Crippen LogP contribution in [0.3, 0.4) is 0 Å². The van der Waals surface area contributed by atoms with Crippen LogP contribution in [0.5, 0.6) is 11.5 Å². The highest BCUT2D eigenvalue weighted by Crippen LogP contribution is 2.38. The van der Waals surface area contributed by atoms with E-state index in [0.29, 0.717) is 23.7 Å². The molecule has 2 N–H and O–H groups in total. The molecule has 2 aromatic carbocycles. The van der Waals surface area contributed by atoms with E-state index in [-0.39, 0.29) is 16.8 Å². The fourth-order valence-electron chi connectivity index (χ4n) is 3.44. The highest BCUT2D eigenvalue weighted by molar-refractivity contribution is 7.90. The standard InChI is InChI=1S/C20H21FN2O6S/c1-4-29-17-7-11(5-6-16(17)28-2)15(10-30(3,26)27)23-19(24)13-8-12(21)9-14(22)18(13)20(23)25/h5-9,15H,4,10,22H2,1-3H3. The Labute approximate surface area is 173 Å². The highest BCUT2D eigenvalue weighted by atomic mass is 32.2. The van der Waals surface area contributed by atoms with E-state index in [0.717, 1.165) is 23.3 Å². The van der Waals surface area contributed by atoms with Gasteiger partial charge in [-0.15, -0.1) is 0 Å². The molecule has 1 heterocycles. The molecule has 0 radical (unpaired) electrons. The summed E-state index contributed by atoms with van der Waals surface area (Å²) >= 11 is 0. The Morgan fingerprint density at radius 2 is 1.83 bits per heavy atom. The number of sulfone groups is 1. The van der Waals surface area contributed by atoms with Gasteiger partial charge >= 0.3 is 0 Å². The Morgan fingerprint density at radius 3 is 2.43 bits per heavy atom. The molecule has 0 saturated carbocycles. The average molecular weight is 436 g/mol. The summed E-state index contributed by atoms with van der Waals surface area (Å²) in [6.07, 6.45) is 0.999. The van der Waals surface area contributed by atoms with E-state index in [2.05, 4.69) is 0 Å². The molecule has 1 aliphatic rings. The lowest BCUT2D eigenvalue weighted by Gasteiger charge is -2.26. The van der Waals surface area contributed by atoms with Gasteiger partial charge in [0, 0.05) is 11.9 Å². The molecular formula is C20H21FN2O6S. The Hall–Kier alpha value is -3.14. The number of benzene rings is 2. The molecule has 10 heteroatoms. The summed E-state index contributed by atoms with van der Waals surface area (Å²) in [6.45, 7) is 2.08. The van der Waals surface area contributed by atoms with Crippen LogP contribution in [0.2, 0.25) is 0 Å². The molecule has 160 valence electrons. The van der Waals surface area contributed by atoms with Crippen molar-refractivity contribution < 1.29 is 31.9 Å². The number of ether oxygens (including phenoxy) is 2. The van der Waals surface area contributed by atoms with Gasteiger partial charge in [-0.3, -0.25) is 14.5 Å². The first-order valence-electron chi connectivity index (χ1n) is 9.02. The Morgan fingerprint density at radius 1 is 1.13 bits per heavy atom. The van der Waals surface area contributed by atoms with Crippen LogP contribution in [0.15, 0.2) is 30.3 Å². The van der Waals surface area contributed by atoms with Gasteiger partial charge in [-0.05, 0) is 36.8 Å². The maximum Gasteiger partial charge on any atom is 0.264 e. The molecule has 0 spiro atoms. The second-order valence-corrected chi connectivity index (χ2v) is 9.03. The number of fused-ring (bicyclic) bond motifs is 1.